The molecule has 0 aromatic carbocycles. The first-order chi connectivity index (χ1) is 6.20. The third-order valence-electron chi connectivity index (χ3n) is 1.70. The Morgan fingerprint density at radius 2 is 1.77 bits per heavy atom. The molecule has 0 fully saturated rings. The lowest BCUT2D eigenvalue weighted by Crippen LogP contribution is -2.28. The number of allylic oxidation sites excluding steroid dienone is 3. The van der Waals surface area contributed by atoms with E-state index in [0.29, 0.717) is 5.70 Å². The first kappa shape index (κ1) is 9.45. The molecule has 1 heterocycles. The largest absolute Gasteiger partial charge is 0.269 e. The van der Waals surface area contributed by atoms with Crippen molar-refractivity contribution < 1.29 is 9.59 Å². The number of rotatable bonds is 2. The van der Waals surface area contributed by atoms with Gasteiger partial charge in [0, 0.05) is 17.8 Å². The van der Waals surface area contributed by atoms with E-state index in [1.807, 2.05) is 6.92 Å². The van der Waals surface area contributed by atoms with E-state index in [1.54, 1.807) is 25.2 Å². The molecule has 68 valence electrons. The lowest BCUT2D eigenvalue weighted by molar-refractivity contribution is -0.134. The molecule has 0 saturated heterocycles. The quantitative estimate of drug-likeness (QED) is 0.472. The highest BCUT2D eigenvalue weighted by Gasteiger charge is 2.24. The molecule has 1 rings (SSSR count). The van der Waals surface area contributed by atoms with Crippen LogP contribution in [0.1, 0.15) is 13.8 Å². The summed E-state index contributed by atoms with van der Waals surface area (Å²) in [5, 5.41) is 0. The van der Waals surface area contributed by atoms with E-state index < -0.39 is 0 Å². The van der Waals surface area contributed by atoms with Crippen LogP contribution in [0.15, 0.2) is 36.1 Å². The molecule has 0 saturated carbocycles. The third kappa shape index (κ3) is 1.75. The van der Waals surface area contributed by atoms with Crippen LogP contribution in [0.4, 0.5) is 0 Å². The van der Waals surface area contributed by atoms with Crippen molar-refractivity contribution >= 4 is 11.8 Å². The minimum Gasteiger partial charge on any atom is -0.269 e. The second-order valence-corrected chi connectivity index (χ2v) is 2.56. The summed E-state index contributed by atoms with van der Waals surface area (Å²) in [6.45, 7) is 3.62. The fourth-order valence-corrected chi connectivity index (χ4v) is 1.13. The minimum atomic E-state index is -0.281. The zero-order chi connectivity index (χ0) is 9.84. The summed E-state index contributed by atoms with van der Waals surface area (Å²) in [4.78, 5) is 23.5. The number of hydrogen-bond acceptors (Lipinski definition) is 2. The molecule has 0 aromatic rings. The molecule has 1 aliphatic heterocycles. The van der Waals surface area contributed by atoms with Crippen molar-refractivity contribution in [3.05, 3.63) is 36.1 Å². The summed E-state index contributed by atoms with van der Waals surface area (Å²) in [6.07, 6.45) is 7.78. The average molecular weight is 177 g/mol. The van der Waals surface area contributed by atoms with E-state index in [0.717, 1.165) is 4.90 Å². The van der Waals surface area contributed by atoms with Gasteiger partial charge in [0.25, 0.3) is 11.8 Å². The van der Waals surface area contributed by atoms with Gasteiger partial charge in [-0.3, -0.25) is 9.59 Å². The van der Waals surface area contributed by atoms with Gasteiger partial charge < -0.3 is 0 Å². The molecule has 2 amide bonds. The summed E-state index contributed by atoms with van der Waals surface area (Å²) < 4.78 is 0. The lowest BCUT2D eigenvalue weighted by atomic mass is 10.3. The molecule has 13 heavy (non-hydrogen) atoms. The second-order valence-electron chi connectivity index (χ2n) is 2.56. The molecule has 3 nitrogen and oxygen atoms in total. The second kappa shape index (κ2) is 3.85. The van der Waals surface area contributed by atoms with Crippen LogP contribution in [0.2, 0.25) is 0 Å². The summed E-state index contributed by atoms with van der Waals surface area (Å²) in [5.74, 6) is -0.563. The Bertz CT molecular complexity index is 306. The SMILES string of the molecule is C/C=C/C(=C\C)N1C(=O)C=CC1=O. The Morgan fingerprint density at radius 3 is 2.15 bits per heavy atom. The van der Waals surface area contributed by atoms with E-state index in [-0.39, 0.29) is 11.8 Å². The van der Waals surface area contributed by atoms with Crippen LogP contribution in [-0.4, -0.2) is 16.7 Å². The van der Waals surface area contributed by atoms with Gasteiger partial charge >= 0.3 is 0 Å². The van der Waals surface area contributed by atoms with Crippen LogP contribution < -0.4 is 0 Å². The van der Waals surface area contributed by atoms with Crippen molar-refractivity contribution in [1.82, 2.24) is 4.90 Å². The molecule has 0 spiro atoms. The van der Waals surface area contributed by atoms with Crippen molar-refractivity contribution in [1.29, 1.82) is 0 Å². The predicted molar refractivity (Wildman–Crippen MR) is 49.6 cm³/mol. The van der Waals surface area contributed by atoms with Crippen molar-refractivity contribution in [3.63, 3.8) is 0 Å². The normalized spacial score (nSPS) is 18.0. The average Bonchev–Trinajstić information content (AvgIpc) is 2.43. The molecule has 0 bridgehead atoms. The fraction of sp³-hybridized carbons (Fsp3) is 0.200. The Morgan fingerprint density at radius 1 is 1.23 bits per heavy atom. The van der Waals surface area contributed by atoms with E-state index in [9.17, 15) is 9.59 Å². The van der Waals surface area contributed by atoms with Gasteiger partial charge in [0.2, 0.25) is 0 Å². The number of amides is 2. The van der Waals surface area contributed by atoms with E-state index >= 15 is 0 Å². The van der Waals surface area contributed by atoms with E-state index in [2.05, 4.69) is 0 Å². The Kier molecular flexibility index (Phi) is 2.80. The van der Waals surface area contributed by atoms with Crippen LogP contribution in [0.25, 0.3) is 0 Å². The number of imide groups is 1. The molecular weight excluding hydrogens is 166 g/mol. The van der Waals surface area contributed by atoms with Crippen molar-refractivity contribution in [2.24, 2.45) is 0 Å². The van der Waals surface area contributed by atoms with Crippen LogP contribution in [0, 0.1) is 0 Å². The number of hydrogen-bond donors (Lipinski definition) is 0. The molecule has 0 radical (unpaired) electrons. The molecular formula is C10H11NO2. The van der Waals surface area contributed by atoms with Crippen LogP contribution >= 0.6 is 0 Å². The maximum atomic E-state index is 11.2. The monoisotopic (exact) mass is 177 g/mol. The van der Waals surface area contributed by atoms with Gasteiger partial charge in [0.05, 0.1) is 0 Å². The van der Waals surface area contributed by atoms with E-state index in [1.165, 1.54) is 12.2 Å². The Hall–Kier alpha value is -1.64. The number of carbonyl (C=O) groups excluding carboxylic acids is 2. The van der Waals surface area contributed by atoms with Crippen molar-refractivity contribution in [2.45, 2.75) is 13.8 Å². The number of carbonyl (C=O) groups is 2. The summed E-state index contributed by atoms with van der Waals surface area (Å²) in [5.41, 5.74) is 0.613. The third-order valence-corrected chi connectivity index (χ3v) is 1.70. The van der Waals surface area contributed by atoms with Gasteiger partial charge in [-0.05, 0) is 19.9 Å². The summed E-state index contributed by atoms with van der Waals surface area (Å²) >= 11 is 0. The maximum absolute atomic E-state index is 11.2. The predicted octanol–water partition coefficient (Wildman–Crippen LogP) is 1.39. The smallest absolute Gasteiger partial charge is 0.258 e. The van der Waals surface area contributed by atoms with Gasteiger partial charge in [0.15, 0.2) is 0 Å². The molecule has 3 heteroatoms. The molecule has 1 aliphatic rings. The van der Waals surface area contributed by atoms with Gasteiger partial charge in [0.1, 0.15) is 0 Å². The van der Waals surface area contributed by atoms with Crippen LogP contribution in [0.5, 0.6) is 0 Å². The molecule has 0 atom stereocenters. The van der Waals surface area contributed by atoms with Gasteiger partial charge in [-0.15, -0.1) is 0 Å². The molecule has 0 aromatic heterocycles. The maximum Gasteiger partial charge on any atom is 0.258 e. The standard InChI is InChI=1S/C10H11NO2/c1-3-5-8(4-2)11-9(12)6-7-10(11)13/h3-7H,1-2H3/b5-3+,8-4+. The van der Waals surface area contributed by atoms with Gasteiger partial charge in [-0.1, -0.05) is 12.2 Å². The topological polar surface area (TPSA) is 37.4 Å². The first-order valence-electron chi connectivity index (χ1n) is 4.06. The Balaban J connectivity index is 2.94. The fourth-order valence-electron chi connectivity index (χ4n) is 1.13. The molecule has 0 aliphatic carbocycles. The van der Waals surface area contributed by atoms with Crippen molar-refractivity contribution in [2.75, 3.05) is 0 Å². The zero-order valence-electron chi connectivity index (χ0n) is 7.65. The highest BCUT2D eigenvalue weighted by atomic mass is 16.2. The summed E-state index contributed by atoms with van der Waals surface area (Å²) in [6, 6.07) is 0. The van der Waals surface area contributed by atoms with Crippen molar-refractivity contribution in [3.8, 4) is 0 Å². The van der Waals surface area contributed by atoms with Gasteiger partial charge in [-0.2, -0.15) is 0 Å². The number of nitrogens with zero attached hydrogens (tertiary/aromatic N) is 1. The summed E-state index contributed by atoms with van der Waals surface area (Å²) in [7, 11) is 0. The molecule has 0 N–H and O–H groups in total. The highest BCUT2D eigenvalue weighted by molar-refractivity contribution is 6.14. The zero-order valence-corrected chi connectivity index (χ0v) is 7.65. The Labute approximate surface area is 77.0 Å². The van der Waals surface area contributed by atoms with Crippen LogP contribution in [-0.2, 0) is 9.59 Å². The minimum absolute atomic E-state index is 0.281. The highest BCUT2D eigenvalue weighted by Crippen LogP contribution is 2.13. The first-order valence-corrected chi connectivity index (χ1v) is 4.06. The van der Waals surface area contributed by atoms with E-state index in [4.69, 9.17) is 0 Å². The van der Waals surface area contributed by atoms with Crippen LogP contribution in [0.3, 0.4) is 0 Å². The lowest BCUT2D eigenvalue weighted by Gasteiger charge is -2.13. The van der Waals surface area contributed by atoms with Gasteiger partial charge in [-0.25, -0.2) is 4.90 Å². The molecule has 0 unspecified atom stereocenters.